The Kier molecular flexibility index (Phi) is 3.66. The van der Waals surface area contributed by atoms with Crippen molar-refractivity contribution in [3.8, 4) is 11.8 Å². The molecule has 0 bridgehead atoms. The van der Waals surface area contributed by atoms with Gasteiger partial charge in [0.25, 0.3) is 0 Å². The first-order valence-corrected chi connectivity index (χ1v) is 6.63. The number of nitrogens with zero attached hydrogens (tertiary/aromatic N) is 1. The van der Waals surface area contributed by atoms with Gasteiger partial charge in [-0.2, -0.15) is 0 Å². The zero-order chi connectivity index (χ0) is 14.5. The maximum Gasteiger partial charge on any atom is 0.0734 e. The van der Waals surface area contributed by atoms with Gasteiger partial charge in [0.05, 0.1) is 6.21 Å². The van der Waals surface area contributed by atoms with E-state index in [0.717, 1.165) is 16.7 Å². The van der Waals surface area contributed by atoms with Crippen LogP contribution < -0.4 is 0 Å². The summed E-state index contributed by atoms with van der Waals surface area (Å²) in [7, 11) is 0. The Hall–Kier alpha value is -3.05. The molecule has 3 rings (SSSR count). The van der Waals surface area contributed by atoms with Crippen molar-refractivity contribution in [2.45, 2.75) is 0 Å². The lowest BCUT2D eigenvalue weighted by Crippen LogP contribution is -1.83. The summed E-state index contributed by atoms with van der Waals surface area (Å²) in [5, 5.41) is 14.0. The van der Waals surface area contributed by atoms with Crippen molar-refractivity contribution in [1.29, 1.82) is 0 Å². The van der Waals surface area contributed by atoms with E-state index in [1.54, 1.807) is 0 Å². The molecule has 100 valence electrons. The topological polar surface area (TPSA) is 32.6 Å². The summed E-state index contributed by atoms with van der Waals surface area (Å²) in [4.78, 5) is 0. The molecule has 3 aromatic rings. The largest absolute Gasteiger partial charge is 0.411 e. The summed E-state index contributed by atoms with van der Waals surface area (Å²) in [6.45, 7) is 0. The molecule has 3 aromatic carbocycles. The predicted molar refractivity (Wildman–Crippen MR) is 85.8 cm³/mol. The Balaban J connectivity index is 1.93. The summed E-state index contributed by atoms with van der Waals surface area (Å²) in [5.74, 6) is 6.30. The van der Waals surface area contributed by atoms with E-state index in [2.05, 4.69) is 41.3 Å². The van der Waals surface area contributed by atoms with E-state index in [1.165, 1.54) is 17.0 Å². The van der Waals surface area contributed by atoms with Crippen LogP contribution in [0.3, 0.4) is 0 Å². The van der Waals surface area contributed by atoms with E-state index in [4.69, 9.17) is 5.21 Å². The van der Waals surface area contributed by atoms with Gasteiger partial charge < -0.3 is 5.21 Å². The highest BCUT2D eigenvalue weighted by molar-refractivity contribution is 5.84. The number of hydrogen-bond donors (Lipinski definition) is 1. The zero-order valence-electron chi connectivity index (χ0n) is 11.3. The van der Waals surface area contributed by atoms with Crippen LogP contribution in [0.1, 0.15) is 16.7 Å². The molecule has 2 heteroatoms. The van der Waals surface area contributed by atoms with E-state index in [0.29, 0.717) is 0 Å². The lowest BCUT2D eigenvalue weighted by molar-refractivity contribution is 0.322. The second-order valence-corrected chi connectivity index (χ2v) is 4.68. The van der Waals surface area contributed by atoms with Gasteiger partial charge in [0.1, 0.15) is 0 Å². The number of fused-ring (bicyclic) bond motifs is 1. The second kappa shape index (κ2) is 5.94. The molecule has 0 unspecified atom stereocenters. The first-order valence-electron chi connectivity index (χ1n) is 6.63. The van der Waals surface area contributed by atoms with Crippen molar-refractivity contribution < 1.29 is 5.21 Å². The first kappa shape index (κ1) is 13.0. The molecule has 0 fully saturated rings. The van der Waals surface area contributed by atoms with Crippen LogP contribution in [-0.2, 0) is 0 Å². The Morgan fingerprint density at radius 3 is 2.33 bits per heavy atom. The van der Waals surface area contributed by atoms with Crippen LogP contribution in [-0.4, -0.2) is 11.4 Å². The summed E-state index contributed by atoms with van der Waals surface area (Å²) in [6, 6.07) is 22.0. The van der Waals surface area contributed by atoms with Crippen molar-refractivity contribution in [1.82, 2.24) is 0 Å². The standard InChI is InChI=1S/C19H13NO/c21-20-14-17-5-3-4-15(12-17)8-9-16-10-11-18-6-1-2-7-19(18)13-16/h1-7,10-14,21H. The molecule has 0 amide bonds. The number of hydrogen-bond acceptors (Lipinski definition) is 2. The van der Waals surface area contributed by atoms with Crippen LogP contribution in [0.25, 0.3) is 10.8 Å². The van der Waals surface area contributed by atoms with Crippen LogP contribution >= 0.6 is 0 Å². The fraction of sp³-hybridized carbons (Fsp3) is 0. The Morgan fingerprint density at radius 1 is 0.762 bits per heavy atom. The van der Waals surface area contributed by atoms with Crippen LogP contribution in [0.4, 0.5) is 0 Å². The van der Waals surface area contributed by atoms with E-state index in [9.17, 15) is 0 Å². The van der Waals surface area contributed by atoms with Gasteiger partial charge in [0.2, 0.25) is 0 Å². The molecule has 1 N–H and O–H groups in total. The molecule has 0 spiro atoms. The van der Waals surface area contributed by atoms with Gasteiger partial charge >= 0.3 is 0 Å². The molecule has 0 aliphatic heterocycles. The molecule has 0 heterocycles. The van der Waals surface area contributed by atoms with E-state index >= 15 is 0 Å². The van der Waals surface area contributed by atoms with Crippen molar-refractivity contribution in [2.24, 2.45) is 5.16 Å². The molecule has 21 heavy (non-hydrogen) atoms. The minimum atomic E-state index is 0.822. The minimum Gasteiger partial charge on any atom is -0.411 e. The SMILES string of the molecule is ON=Cc1cccc(C#Cc2ccc3ccccc3c2)c1. The molecule has 0 aliphatic rings. The van der Waals surface area contributed by atoms with Crippen molar-refractivity contribution in [3.05, 3.63) is 83.4 Å². The van der Waals surface area contributed by atoms with Crippen LogP contribution in [0, 0.1) is 11.8 Å². The lowest BCUT2D eigenvalue weighted by atomic mass is 10.1. The average molecular weight is 271 g/mol. The highest BCUT2D eigenvalue weighted by atomic mass is 16.4. The quantitative estimate of drug-likeness (QED) is 0.308. The first-order chi connectivity index (χ1) is 10.3. The number of oxime groups is 1. The minimum absolute atomic E-state index is 0.822. The van der Waals surface area contributed by atoms with Crippen molar-refractivity contribution in [2.75, 3.05) is 0 Å². The summed E-state index contributed by atoms with van der Waals surface area (Å²) >= 11 is 0. The van der Waals surface area contributed by atoms with Crippen molar-refractivity contribution in [3.63, 3.8) is 0 Å². The number of benzene rings is 3. The van der Waals surface area contributed by atoms with Gasteiger partial charge in [-0.05, 0) is 40.6 Å². The molecular formula is C19H13NO. The molecular weight excluding hydrogens is 258 g/mol. The van der Waals surface area contributed by atoms with Crippen molar-refractivity contribution >= 4 is 17.0 Å². The average Bonchev–Trinajstić information content (AvgIpc) is 2.53. The molecule has 2 nitrogen and oxygen atoms in total. The van der Waals surface area contributed by atoms with Gasteiger partial charge in [0.15, 0.2) is 0 Å². The van der Waals surface area contributed by atoms with Gasteiger partial charge in [0, 0.05) is 11.1 Å². The number of rotatable bonds is 1. The Morgan fingerprint density at radius 2 is 1.52 bits per heavy atom. The highest BCUT2D eigenvalue weighted by Crippen LogP contribution is 2.15. The summed E-state index contributed by atoms with van der Waals surface area (Å²) in [6.07, 6.45) is 1.39. The molecule has 0 saturated heterocycles. The predicted octanol–water partition coefficient (Wildman–Crippen LogP) is 4.05. The third kappa shape index (κ3) is 3.10. The van der Waals surface area contributed by atoms with E-state index in [-0.39, 0.29) is 0 Å². The van der Waals surface area contributed by atoms with Gasteiger partial charge in [-0.15, -0.1) is 0 Å². The van der Waals surface area contributed by atoms with E-state index in [1.807, 2.05) is 42.5 Å². The maximum absolute atomic E-state index is 8.55. The Labute approximate surface area is 123 Å². The summed E-state index contributed by atoms with van der Waals surface area (Å²) in [5.41, 5.74) is 2.69. The highest BCUT2D eigenvalue weighted by Gasteiger charge is 1.94. The third-order valence-corrected chi connectivity index (χ3v) is 3.19. The molecule has 0 saturated carbocycles. The smallest absolute Gasteiger partial charge is 0.0734 e. The maximum atomic E-state index is 8.55. The molecule has 0 aliphatic carbocycles. The van der Waals surface area contributed by atoms with Gasteiger partial charge in [-0.25, -0.2) is 0 Å². The normalized spacial score (nSPS) is 10.5. The van der Waals surface area contributed by atoms with Crippen LogP contribution in [0.2, 0.25) is 0 Å². The molecule has 0 atom stereocenters. The summed E-state index contributed by atoms with van der Waals surface area (Å²) < 4.78 is 0. The van der Waals surface area contributed by atoms with Crippen LogP contribution in [0.5, 0.6) is 0 Å². The fourth-order valence-electron chi connectivity index (χ4n) is 2.17. The fourth-order valence-corrected chi connectivity index (χ4v) is 2.17. The second-order valence-electron chi connectivity index (χ2n) is 4.68. The van der Waals surface area contributed by atoms with Gasteiger partial charge in [-0.1, -0.05) is 59.5 Å². The monoisotopic (exact) mass is 271 g/mol. The van der Waals surface area contributed by atoms with Gasteiger partial charge in [-0.3, -0.25) is 0 Å². The Bertz CT molecular complexity index is 869. The van der Waals surface area contributed by atoms with E-state index < -0.39 is 0 Å². The molecule has 0 radical (unpaired) electrons. The molecule has 0 aromatic heterocycles. The lowest BCUT2D eigenvalue weighted by Gasteiger charge is -1.97. The zero-order valence-corrected chi connectivity index (χ0v) is 11.3. The van der Waals surface area contributed by atoms with Crippen LogP contribution in [0.15, 0.2) is 71.9 Å². The third-order valence-electron chi connectivity index (χ3n) is 3.19.